The molecule has 21 heavy (non-hydrogen) atoms. The fourth-order valence-electron chi connectivity index (χ4n) is 1.83. The number of benzene rings is 1. The molecular weight excluding hydrogens is 350 g/mol. The molecule has 0 fully saturated rings. The standard InChI is InChI=1S/C15H18BrN3OS/c1-8-6-13(9(2)5-12(8)16)21-7-14(20)17-15-10(3)11(4)18-19-15/h5-6H,7H2,1-4H3,(H2,17,18,19,20). The number of rotatable bonds is 4. The first kappa shape index (κ1) is 16.1. The van der Waals surface area contributed by atoms with Gasteiger partial charge in [-0.25, -0.2) is 0 Å². The van der Waals surface area contributed by atoms with Crippen LogP contribution in [0.4, 0.5) is 5.82 Å². The highest BCUT2D eigenvalue weighted by molar-refractivity contribution is 9.10. The molecule has 4 nitrogen and oxygen atoms in total. The number of aromatic amines is 1. The van der Waals surface area contributed by atoms with Crippen LogP contribution >= 0.6 is 27.7 Å². The lowest BCUT2D eigenvalue weighted by Crippen LogP contribution is -2.15. The van der Waals surface area contributed by atoms with Gasteiger partial charge < -0.3 is 5.32 Å². The number of nitrogens with zero attached hydrogens (tertiary/aromatic N) is 1. The first-order valence-corrected chi connectivity index (χ1v) is 8.37. The summed E-state index contributed by atoms with van der Waals surface area (Å²) >= 11 is 5.05. The Labute approximate surface area is 137 Å². The minimum Gasteiger partial charge on any atom is -0.308 e. The number of amides is 1. The fourth-order valence-corrected chi connectivity index (χ4v) is 3.19. The number of H-pyrrole nitrogens is 1. The van der Waals surface area contributed by atoms with E-state index >= 15 is 0 Å². The van der Waals surface area contributed by atoms with Crippen molar-refractivity contribution in [3.8, 4) is 0 Å². The number of halogens is 1. The number of carbonyl (C=O) groups is 1. The zero-order valence-electron chi connectivity index (χ0n) is 12.5. The topological polar surface area (TPSA) is 57.8 Å². The number of hydrogen-bond donors (Lipinski definition) is 2. The van der Waals surface area contributed by atoms with Crippen LogP contribution in [-0.2, 0) is 4.79 Å². The van der Waals surface area contributed by atoms with Gasteiger partial charge in [-0.15, -0.1) is 11.8 Å². The molecule has 1 aromatic carbocycles. The van der Waals surface area contributed by atoms with E-state index < -0.39 is 0 Å². The van der Waals surface area contributed by atoms with Crippen molar-refractivity contribution in [3.05, 3.63) is 39.0 Å². The van der Waals surface area contributed by atoms with E-state index in [4.69, 9.17) is 0 Å². The molecule has 0 atom stereocenters. The van der Waals surface area contributed by atoms with Crippen molar-refractivity contribution in [2.75, 3.05) is 11.1 Å². The number of aryl methyl sites for hydroxylation is 3. The Balaban J connectivity index is 1.98. The third-order valence-corrected chi connectivity index (χ3v) is 5.34. The number of nitrogens with one attached hydrogen (secondary N) is 2. The second-order valence-corrected chi connectivity index (χ2v) is 6.90. The van der Waals surface area contributed by atoms with Crippen LogP contribution in [-0.4, -0.2) is 21.9 Å². The van der Waals surface area contributed by atoms with E-state index in [0.29, 0.717) is 11.6 Å². The van der Waals surface area contributed by atoms with Crippen LogP contribution in [0.5, 0.6) is 0 Å². The zero-order chi connectivity index (χ0) is 15.6. The van der Waals surface area contributed by atoms with E-state index in [1.807, 2.05) is 27.7 Å². The number of anilines is 1. The van der Waals surface area contributed by atoms with Crippen LogP contribution < -0.4 is 5.32 Å². The van der Waals surface area contributed by atoms with Gasteiger partial charge in [-0.2, -0.15) is 5.10 Å². The summed E-state index contributed by atoms with van der Waals surface area (Å²) in [6, 6.07) is 4.18. The summed E-state index contributed by atoms with van der Waals surface area (Å²) in [6.45, 7) is 7.96. The Morgan fingerprint density at radius 2 is 2.00 bits per heavy atom. The van der Waals surface area contributed by atoms with Crippen molar-refractivity contribution in [1.82, 2.24) is 10.2 Å². The maximum Gasteiger partial charge on any atom is 0.235 e. The molecule has 2 rings (SSSR count). The van der Waals surface area contributed by atoms with Crippen molar-refractivity contribution in [1.29, 1.82) is 0 Å². The molecule has 1 heterocycles. The van der Waals surface area contributed by atoms with Gasteiger partial charge in [0.15, 0.2) is 5.82 Å². The highest BCUT2D eigenvalue weighted by Gasteiger charge is 2.11. The minimum atomic E-state index is -0.0467. The van der Waals surface area contributed by atoms with Gasteiger partial charge in [0.1, 0.15) is 0 Å². The minimum absolute atomic E-state index is 0.0467. The van der Waals surface area contributed by atoms with Gasteiger partial charge in [-0.3, -0.25) is 9.89 Å². The van der Waals surface area contributed by atoms with Crippen LogP contribution in [0.1, 0.15) is 22.4 Å². The summed E-state index contributed by atoms with van der Waals surface area (Å²) in [6.07, 6.45) is 0. The molecule has 0 radical (unpaired) electrons. The molecule has 0 saturated carbocycles. The quantitative estimate of drug-likeness (QED) is 0.798. The second-order valence-electron chi connectivity index (χ2n) is 5.03. The predicted molar refractivity (Wildman–Crippen MR) is 91.0 cm³/mol. The first-order chi connectivity index (χ1) is 9.88. The molecule has 0 aliphatic heterocycles. The van der Waals surface area contributed by atoms with Crippen LogP contribution in [0.25, 0.3) is 0 Å². The van der Waals surface area contributed by atoms with E-state index in [1.165, 1.54) is 17.3 Å². The van der Waals surface area contributed by atoms with Crippen LogP contribution in [0.15, 0.2) is 21.5 Å². The third kappa shape index (κ3) is 3.89. The maximum atomic E-state index is 12.0. The van der Waals surface area contributed by atoms with Crippen LogP contribution in [0.3, 0.4) is 0 Å². The molecular formula is C15H18BrN3OS. The molecule has 2 aromatic rings. The molecule has 0 spiro atoms. The first-order valence-electron chi connectivity index (χ1n) is 6.59. The average molecular weight is 368 g/mol. The Kier molecular flexibility index (Phi) is 5.11. The lowest BCUT2D eigenvalue weighted by atomic mass is 10.2. The summed E-state index contributed by atoms with van der Waals surface area (Å²) in [5.41, 5.74) is 4.28. The van der Waals surface area contributed by atoms with Gasteiger partial charge in [0.2, 0.25) is 5.91 Å². The van der Waals surface area contributed by atoms with E-state index in [2.05, 4.69) is 43.6 Å². The predicted octanol–water partition coefficient (Wildman–Crippen LogP) is 4.14. The van der Waals surface area contributed by atoms with Gasteiger partial charge in [0, 0.05) is 20.6 Å². The van der Waals surface area contributed by atoms with Gasteiger partial charge in [-0.05, 0) is 51.0 Å². The summed E-state index contributed by atoms with van der Waals surface area (Å²) in [4.78, 5) is 13.1. The Bertz CT molecular complexity index is 682. The normalized spacial score (nSPS) is 10.7. The smallest absolute Gasteiger partial charge is 0.235 e. The van der Waals surface area contributed by atoms with E-state index in [1.54, 1.807) is 0 Å². The average Bonchev–Trinajstić information content (AvgIpc) is 2.73. The Morgan fingerprint density at radius 1 is 1.29 bits per heavy atom. The molecule has 0 aliphatic carbocycles. The SMILES string of the molecule is Cc1cc(SCC(=O)Nc2n[nH]c(C)c2C)c(C)cc1Br. The fraction of sp³-hybridized carbons (Fsp3) is 0.333. The molecule has 1 aromatic heterocycles. The molecule has 0 aliphatic rings. The molecule has 0 bridgehead atoms. The van der Waals surface area contributed by atoms with Crippen molar-refractivity contribution in [2.45, 2.75) is 32.6 Å². The molecule has 0 unspecified atom stereocenters. The maximum absolute atomic E-state index is 12.0. The molecule has 112 valence electrons. The second kappa shape index (κ2) is 6.66. The largest absolute Gasteiger partial charge is 0.308 e. The summed E-state index contributed by atoms with van der Waals surface area (Å²) in [7, 11) is 0. The van der Waals surface area contributed by atoms with Crippen molar-refractivity contribution < 1.29 is 4.79 Å². The highest BCUT2D eigenvalue weighted by Crippen LogP contribution is 2.28. The summed E-state index contributed by atoms with van der Waals surface area (Å²) < 4.78 is 1.09. The van der Waals surface area contributed by atoms with E-state index in [0.717, 1.165) is 26.2 Å². The summed E-state index contributed by atoms with van der Waals surface area (Å²) in [5, 5.41) is 9.78. The van der Waals surface area contributed by atoms with E-state index in [-0.39, 0.29) is 5.91 Å². The summed E-state index contributed by atoms with van der Waals surface area (Å²) in [5.74, 6) is 0.934. The lowest BCUT2D eigenvalue weighted by Gasteiger charge is -2.08. The van der Waals surface area contributed by atoms with Gasteiger partial charge >= 0.3 is 0 Å². The molecule has 2 N–H and O–H groups in total. The van der Waals surface area contributed by atoms with Crippen molar-refractivity contribution in [2.24, 2.45) is 0 Å². The Hall–Kier alpha value is -1.27. The lowest BCUT2D eigenvalue weighted by molar-refractivity contribution is -0.113. The number of hydrogen-bond acceptors (Lipinski definition) is 3. The number of thioether (sulfide) groups is 1. The van der Waals surface area contributed by atoms with Gasteiger partial charge in [0.25, 0.3) is 0 Å². The van der Waals surface area contributed by atoms with Crippen LogP contribution in [0, 0.1) is 27.7 Å². The molecule has 0 saturated heterocycles. The number of aromatic nitrogens is 2. The van der Waals surface area contributed by atoms with Gasteiger partial charge in [0.05, 0.1) is 5.75 Å². The number of carbonyl (C=O) groups excluding carboxylic acids is 1. The molecule has 1 amide bonds. The van der Waals surface area contributed by atoms with Gasteiger partial charge in [-0.1, -0.05) is 15.9 Å². The van der Waals surface area contributed by atoms with Crippen molar-refractivity contribution >= 4 is 39.4 Å². The third-order valence-electron chi connectivity index (χ3n) is 3.33. The Morgan fingerprint density at radius 3 is 2.62 bits per heavy atom. The molecule has 6 heteroatoms. The monoisotopic (exact) mass is 367 g/mol. The van der Waals surface area contributed by atoms with Crippen LogP contribution in [0.2, 0.25) is 0 Å². The van der Waals surface area contributed by atoms with E-state index in [9.17, 15) is 4.79 Å². The highest BCUT2D eigenvalue weighted by atomic mass is 79.9. The van der Waals surface area contributed by atoms with Crippen molar-refractivity contribution in [3.63, 3.8) is 0 Å². The zero-order valence-corrected chi connectivity index (χ0v) is 14.9.